The molecule has 0 saturated carbocycles. The fourth-order valence-corrected chi connectivity index (χ4v) is 3.76. The van der Waals surface area contributed by atoms with Gasteiger partial charge in [-0.05, 0) is 35.8 Å². The number of ether oxygens (including phenoxy) is 1. The minimum Gasteiger partial charge on any atom is -0.466 e. The third-order valence-corrected chi connectivity index (χ3v) is 4.96. The maximum absolute atomic E-state index is 12.8. The molecule has 0 saturated heterocycles. The highest BCUT2D eigenvalue weighted by atomic mass is 32.1. The van der Waals surface area contributed by atoms with Gasteiger partial charge in [-0.3, -0.25) is 15.0 Å². The van der Waals surface area contributed by atoms with Crippen LogP contribution in [0.25, 0.3) is 0 Å². The number of benzene rings is 2. The van der Waals surface area contributed by atoms with E-state index in [2.05, 4.69) is 5.32 Å². The first-order valence-corrected chi connectivity index (χ1v) is 9.48. The Morgan fingerprint density at radius 2 is 1.90 bits per heavy atom. The maximum atomic E-state index is 12.8. The predicted molar refractivity (Wildman–Crippen MR) is 114 cm³/mol. The number of para-hydroxylation sites is 1. The van der Waals surface area contributed by atoms with Crippen LogP contribution in [0.15, 0.2) is 65.9 Å². The van der Waals surface area contributed by atoms with Gasteiger partial charge in [-0.2, -0.15) is 0 Å². The molecule has 8 heteroatoms. The average molecular weight is 411 g/mol. The van der Waals surface area contributed by atoms with E-state index in [1.165, 1.54) is 19.2 Å². The van der Waals surface area contributed by atoms with E-state index in [0.717, 1.165) is 5.69 Å². The maximum Gasteiger partial charge on any atom is 0.338 e. The van der Waals surface area contributed by atoms with Gasteiger partial charge in [0.2, 0.25) is 0 Å². The van der Waals surface area contributed by atoms with E-state index in [0.29, 0.717) is 21.9 Å². The Morgan fingerprint density at radius 3 is 2.48 bits per heavy atom. The number of allylic oxidation sites excluding steroid dienone is 1. The third-order valence-electron chi connectivity index (χ3n) is 4.66. The Morgan fingerprint density at radius 1 is 1.21 bits per heavy atom. The first-order chi connectivity index (χ1) is 13.8. The molecular weight excluding hydrogens is 390 g/mol. The second-order valence-corrected chi connectivity index (χ2v) is 7.24. The highest BCUT2D eigenvalue weighted by molar-refractivity contribution is 7.80. The molecule has 1 aliphatic heterocycles. The van der Waals surface area contributed by atoms with Gasteiger partial charge < -0.3 is 10.1 Å². The molecule has 1 N–H and O–H groups in total. The third kappa shape index (κ3) is 3.97. The van der Waals surface area contributed by atoms with Crippen molar-refractivity contribution in [3.8, 4) is 0 Å². The first kappa shape index (κ1) is 20.5. The van der Waals surface area contributed by atoms with Crippen LogP contribution < -0.4 is 10.2 Å². The molecule has 1 aliphatic rings. The van der Waals surface area contributed by atoms with Gasteiger partial charge in [0.15, 0.2) is 5.11 Å². The molecular formula is C21H21N3O4S. The molecule has 2 aromatic rings. The lowest BCUT2D eigenvalue weighted by atomic mass is 9.90. The van der Waals surface area contributed by atoms with Gasteiger partial charge in [0, 0.05) is 23.5 Å². The van der Waals surface area contributed by atoms with Crippen molar-refractivity contribution in [1.29, 1.82) is 0 Å². The molecule has 1 heterocycles. The normalized spacial score (nSPS) is 16.6. The quantitative estimate of drug-likeness (QED) is 0.343. The zero-order valence-corrected chi connectivity index (χ0v) is 17.1. The summed E-state index contributed by atoms with van der Waals surface area (Å²) >= 11 is 5.64. The van der Waals surface area contributed by atoms with Gasteiger partial charge in [0.05, 0.1) is 23.6 Å². The van der Waals surface area contributed by atoms with Crippen molar-refractivity contribution in [3.63, 3.8) is 0 Å². The van der Waals surface area contributed by atoms with Crippen LogP contribution in [0.4, 0.5) is 11.4 Å². The molecule has 29 heavy (non-hydrogen) atoms. The highest BCUT2D eigenvalue weighted by Crippen LogP contribution is 2.38. The molecule has 0 aromatic heterocycles. The number of anilines is 1. The zero-order chi connectivity index (χ0) is 21.1. The molecule has 7 nitrogen and oxygen atoms in total. The number of methoxy groups -OCH3 is 1. The molecule has 0 spiro atoms. The minimum atomic E-state index is -0.660. The fourth-order valence-electron chi connectivity index (χ4n) is 3.44. The summed E-state index contributed by atoms with van der Waals surface area (Å²) in [5.41, 5.74) is 2.39. The van der Waals surface area contributed by atoms with Gasteiger partial charge in [-0.25, -0.2) is 4.79 Å². The number of thiocarbonyl (C=S) groups is 1. The predicted octanol–water partition coefficient (Wildman–Crippen LogP) is 4.11. The van der Waals surface area contributed by atoms with Crippen molar-refractivity contribution in [2.45, 2.75) is 19.9 Å². The van der Waals surface area contributed by atoms with Gasteiger partial charge in [-0.1, -0.05) is 44.2 Å². The first-order valence-electron chi connectivity index (χ1n) is 9.07. The van der Waals surface area contributed by atoms with Gasteiger partial charge in [0.1, 0.15) is 0 Å². The molecule has 0 unspecified atom stereocenters. The lowest BCUT2D eigenvalue weighted by Gasteiger charge is -2.40. The average Bonchev–Trinajstić information content (AvgIpc) is 2.72. The smallest absolute Gasteiger partial charge is 0.338 e. The van der Waals surface area contributed by atoms with Crippen LogP contribution in [-0.2, 0) is 9.53 Å². The van der Waals surface area contributed by atoms with Gasteiger partial charge in [0.25, 0.3) is 5.69 Å². The van der Waals surface area contributed by atoms with Crippen molar-refractivity contribution in [1.82, 2.24) is 5.32 Å². The number of rotatable bonds is 5. The van der Waals surface area contributed by atoms with E-state index in [-0.39, 0.29) is 11.6 Å². The van der Waals surface area contributed by atoms with Crippen LogP contribution in [0.5, 0.6) is 0 Å². The Bertz CT molecular complexity index is 988. The summed E-state index contributed by atoms with van der Waals surface area (Å²) in [6.45, 7) is 3.93. The molecule has 0 aliphatic carbocycles. The number of nitro benzene ring substituents is 1. The molecule has 1 atom stereocenters. The van der Waals surface area contributed by atoms with Crippen LogP contribution in [0.3, 0.4) is 0 Å². The number of non-ortho nitro benzene ring substituents is 1. The van der Waals surface area contributed by atoms with Crippen molar-refractivity contribution < 1.29 is 14.5 Å². The second kappa shape index (κ2) is 8.40. The highest BCUT2D eigenvalue weighted by Gasteiger charge is 2.38. The van der Waals surface area contributed by atoms with E-state index < -0.39 is 16.9 Å². The summed E-state index contributed by atoms with van der Waals surface area (Å²) in [5, 5.41) is 14.8. The van der Waals surface area contributed by atoms with Crippen LogP contribution in [0.2, 0.25) is 0 Å². The molecule has 2 aromatic carbocycles. The lowest BCUT2D eigenvalue weighted by molar-refractivity contribution is -0.384. The number of hydrogen-bond donors (Lipinski definition) is 1. The standard InChI is InChI=1S/C21H21N3O4S/c1-13(2)19-17(20(25)28-3)18(14-8-7-11-16(12-14)24(26)27)22-21(29)23(19)15-9-5-4-6-10-15/h4-13,18H,1-3H3,(H,22,29)/t18-/m1/s1. The van der Waals surface area contributed by atoms with Crippen LogP contribution >= 0.6 is 12.2 Å². The summed E-state index contributed by atoms with van der Waals surface area (Å²) < 4.78 is 5.08. The number of nitrogens with one attached hydrogen (secondary N) is 1. The number of nitro groups is 1. The molecule has 0 fully saturated rings. The Balaban J connectivity index is 2.24. The SMILES string of the molecule is COC(=O)C1=C(C(C)C)N(c2ccccc2)C(=S)N[C@@H]1c1cccc([N+](=O)[O-])c1. The number of nitrogens with zero attached hydrogens (tertiary/aromatic N) is 2. The number of carbonyl (C=O) groups excluding carboxylic acids is 1. The number of esters is 1. The fraction of sp³-hybridized carbons (Fsp3) is 0.238. The number of carbonyl (C=O) groups is 1. The van der Waals surface area contributed by atoms with Crippen LogP contribution in [0.1, 0.15) is 25.5 Å². The van der Waals surface area contributed by atoms with Crippen molar-refractivity contribution >= 4 is 34.7 Å². The van der Waals surface area contributed by atoms with E-state index in [1.807, 2.05) is 49.1 Å². The van der Waals surface area contributed by atoms with E-state index in [9.17, 15) is 14.9 Å². The summed E-state index contributed by atoms with van der Waals surface area (Å²) in [5.74, 6) is -0.577. The zero-order valence-electron chi connectivity index (χ0n) is 16.3. The summed E-state index contributed by atoms with van der Waals surface area (Å²) in [7, 11) is 1.32. The van der Waals surface area contributed by atoms with Gasteiger partial charge in [-0.15, -0.1) is 0 Å². The Labute approximate surface area is 174 Å². The van der Waals surface area contributed by atoms with E-state index >= 15 is 0 Å². The number of hydrogen-bond acceptors (Lipinski definition) is 5. The summed E-state index contributed by atoms with van der Waals surface area (Å²) in [6.07, 6.45) is 0. The van der Waals surface area contributed by atoms with Crippen molar-refractivity contribution in [2.75, 3.05) is 12.0 Å². The Hall–Kier alpha value is -3.26. The largest absolute Gasteiger partial charge is 0.466 e. The van der Waals surface area contributed by atoms with Crippen LogP contribution in [0, 0.1) is 16.0 Å². The van der Waals surface area contributed by atoms with E-state index in [4.69, 9.17) is 17.0 Å². The van der Waals surface area contributed by atoms with Crippen LogP contribution in [-0.4, -0.2) is 23.1 Å². The van der Waals surface area contributed by atoms with E-state index in [1.54, 1.807) is 12.1 Å². The van der Waals surface area contributed by atoms with Crippen molar-refractivity contribution in [3.05, 3.63) is 81.5 Å². The molecule has 0 amide bonds. The minimum absolute atomic E-state index is 0.0592. The molecule has 0 bridgehead atoms. The topological polar surface area (TPSA) is 84.7 Å². The second-order valence-electron chi connectivity index (χ2n) is 6.85. The molecule has 150 valence electrons. The monoisotopic (exact) mass is 411 g/mol. The Kier molecular flexibility index (Phi) is 5.93. The summed E-state index contributed by atoms with van der Waals surface area (Å²) in [6, 6.07) is 15.0. The van der Waals surface area contributed by atoms with Gasteiger partial charge >= 0.3 is 5.97 Å². The summed E-state index contributed by atoms with van der Waals surface area (Å²) in [4.78, 5) is 25.4. The lowest BCUT2D eigenvalue weighted by Crippen LogP contribution is -2.49. The molecule has 0 radical (unpaired) electrons. The molecule has 3 rings (SSSR count). The van der Waals surface area contributed by atoms with Crippen molar-refractivity contribution in [2.24, 2.45) is 5.92 Å².